The highest BCUT2D eigenvalue weighted by Gasteiger charge is 2.34. The Kier molecular flexibility index (Phi) is 4.00. The van der Waals surface area contributed by atoms with Gasteiger partial charge in [-0.2, -0.15) is 0 Å². The second kappa shape index (κ2) is 5.07. The summed E-state index contributed by atoms with van der Waals surface area (Å²) in [5.74, 6) is 0.397. The molecule has 0 radical (unpaired) electrons. The van der Waals surface area contributed by atoms with Crippen molar-refractivity contribution in [2.75, 3.05) is 0 Å². The highest BCUT2D eigenvalue weighted by molar-refractivity contribution is 7.80. The van der Waals surface area contributed by atoms with Gasteiger partial charge in [-0.05, 0) is 13.3 Å². The minimum Gasteiger partial charge on any atom is -0.392 e. The molecule has 0 saturated carbocycles. The number of amides is 1. The zero-order valence-corrected chi connectivity index (χ0v) is 10.1. The van der Waals surface area contributed by atoms with Gasteiger partial charge in [-0.3, -0.25) is 4.79 Å². The summed E-state index contributed by atoms with van der Waals surface area (Å²) in [6, 6.07) is 1.68. The number of rotatable bonds is 5. The topological polar surface area (TPSA) is 81.2 Å². The molecule has 3 N–H and O–H groups in total. The second-order valence-corrected chi connectivity index (χ2v) is 4.15. The van der Waals surface area contributed by atoms with Gasteiger partial charge in [-0.15, -0.1) is 0 Å². The lowest BCUT2D eigenvalue weighted by Gasteiger charge is -2.25. The van der Waals surface area contributed by atoms with Crippen molar-refractivity contribution in [1.29, 1.82) is 0 Å². The molecule has 1 aromatic heterocycles. The first-order valence-electron chi connectivity index (χ1n) is 4.98. The van der Waals surface area contributed by atoms with Crippen molar-refractivity contribution in [1.82, 2.24) is 10.5 Å². The van der Waals surface area contributed by atoms with Gasteiger partial charge in [0.2, 0.25) is 5.91 Å². The molecule has 0 aliphatic heterocycles. The normalized spacial score (nSPS) is 14.1. The average molecular weight is 241 g/mol. The molecular formula is C10H15N3O2S. The standard InChI is InChI=1S/C10H15N3O2S/c1-3-10(2,8(11)16)9(14)12-6-7-4-5-13-15-7/h4-5H,3,6H2,1-2H3,(H2,11,16)(H,12,14). The first-order valence-corrected chi connectivity index (χ1v) is 5.39. The zero-order valence-electron chi connectivity index (χ0n) is 9.32. The summed E-state index contributed by atoms with van der Waals surface area (Å²) in [6.45, 7) is 3.88. The molecule has 0 aliphatic rings. The second-order valence-electron chi connectivity index (χ2n) is 3.71. The van der Waals surface area contributed by atoms with E-state index in [-0.39, 0.29) is 17.4 Å². The van der Waals surface area contributed by atoms with Crippen LogP contribution in [0.15, 0.2) is 16.8 Å². The Balaban J connectivity index is 2.60. The van der Waals surface area contributed by atoms with E-state index in [0.717, 1.165) is 0 Å². The fourth-order valence-electron chi connectivity index (χ4n) is 1.14. The van der Waals surface area contributed by atoms with Crippen LogP contribution in [-0.2, 0) is 11.3 Å². The van der Waals surface area contributed by atoms with Gasteiger partial charge < -0.3 is 15.6 Å². The van der Waals surface area contributed by atoms with Crippen LogP contribution in [0.1, 0.15) is 26.0 Å². The van der Waals surface area contributed by atoms with Gasteiger partial charge in [-0.25, -0.2) is 0 Å². The van der Waals surface area contributed by atoms with Crippen LogP contribution in [0.2, 0.25) is 0 Å². The highest BCUT2D eigenvalue weighted by atomic mass is 32.1. The number of hydrogen-bond donors (Lipinski definition) is 2. The zero-order chi connectivity index (χ0) is 12.2. The number of nitrogens with zero attached hydrogens (tertiary/aromatic N) is 1. The summed E-state index contributed by atoms with van der Waals surface area (Å²) >= 11 is 4.90. The summed E-state index contributed by atoms with van der Waals surface area (Å²) in [6.07, 6.45) is 2.08. The van der Waals surface area contributed by atoms with E-state index in [4.69, 9.17) is 22.5 Å². The number of nitrogens with two attached hydrogens (primary N) is 1. The third kappa shape index (κ3) is 2.57. The van der Waals surface area contributed by atoms with Crippen LogP contribution < -0.4 is 11.1 Å². The predicted octanol–water partition coefficient (Wildman–Crippen LogP) is 0.993. The third-order valence-corrected chi connectivity index (χ3v) is 3.12. The number of carbonyl (C=O) groups is 1. The molecule has 16 heavy (non-hydrogen) atoms. The van der Waals surface area contributed by atoms with E-state index in [1.165, 1.54) is 6.20 Å². The maximum Gasteiger partial charge on any atom is 0.233 e. The third-order valence-electron chi connectivity index (χ3n) is 2.67. The van der Waals surface area contributed by atoms with Crippen molar-refractivity contribution in [3.63, 3.8) is 0 Å². The largest absolute Gasteiger partial charge is 0.392 e. The Morgan fingerprint density at radius 1 is 1.75 bits per heavy atom. The molecule has 0 aliphatic carbocycles. The minimum atomic E-state index is -0.810. The van der Waals surface area contributed by atoms with Crippen LogP contribution in [0.5, 0.6) is 0 Å². The summed E-state index contributed by atoms with van der Waals surface area (Å²) in [5.41, 5.74) is 4.76. The molecular weight excluding hydrogens is 226 g/mol. The van der Waals surface area contributed by atoms with Crippen LogP contribution in [0, 0.1) is 5.41 Å². The van der Waals surface area contributed by atoms with Gasteiger partial charge >= 0.3 is 0 Å². The van der Waals surface area contributed by atoms with Crippen molar-refractivity contribution in [2.24, 2.45) is 11.1 Å². The van der Waals surface area contributed by atoms with Gasteiger partial charge in [0, 0.05) is 6.07 Å². The van der Waals surface area contributed by atoms with E-state index in [0.29, 0.717) is 12.2 Å². The van der Waals surface area contributed by atoms with Crippen LogP contribution >= 0.6 is 12.2 Å². The number of nitrogens with one attached hydrogen (secondary N) is 1. The fourth-order valence-corrected chi connectivity index (χ4v) is 1.38. The maximum absolute atomic E-state index is 11.9. The highest BCUT2D eigenvalue weighted by Crippen LogP contribution is 2.21. The Labute approximate surface area is 99.4 Å². The molecule has 0 fully saturated rings. The average Bonchev–Trinajstić information content (AvgIpc) is 2.77. The molecule has 0 spiro atoms. The molecule has 1 unspecified atom stereocenters. The van der Waals surface area contributed by atoms with Crippen molar-refractivity contribution in [3.05, 3.63) is 18.0 Å². The Morgan fingerprint density at radius 2 is 2.44 bits per heavy atom. The summed E-state index contributed by atoms with van der Waals surface area (Å²) < 4.78 is 4.86. The van der Waals surface area contributed by atoms with Crippen LogP contribution in [0.3, 0.4) is 0 Å². The summed E-state index contributed by atoms with van der Waals surface area (Å²) in [4.78, 5) is 12.1. The molecule has 1 rings (SSSR count). The lowest BCUT2D eigenvalue weighted by Crippen LogP contribution is -2.46. The lowest BCUT2D eigenvalue weighted by atomic mass is 9.86. The van der Waals surface area contributed by atoms with E-state index in [2.05, 4.69) is 10.5 Å². The Bertz CT molecular complexity index is 377. The van der Waals surface area contributed by atoms with Gasteiger partial charge in [-0.1, -0.05) is 24.3 Å². The number of hydrogen-bond acceptors (Lipinski definition) is 4. The van der Waals surface area contributed by atoms with E-state index in [1.807, 2.05) is 6.92 Å². The minimum absolute atomic E-state index is 0.195. The number of thiocarbonyl (C=S) groups is 1. The number of carbonyl (C=O) groups excluding carboxylic acids is 1. The molecule has 1 aromatic rings. The monoisotopic (exact) mass is 241 g/mol. The molecule has 0 saturated heterocycles. The van der Waals surface area contributed by atoms with Crippen LogP contribution in [-0.4, -0.2) is 16.1 Å². The van der Waals surface area contributed by atoms with E-state index >= 15 is 0 Å². The SMILES string of the molecule is CCC(C)(C(=O)NCc1ccno1)C(N)=S. The molecule has 6 heteroatoms. The molecule has 1 atom stereocenters. The van der Waals surface area contributed by atoms with Crippen LogP contribution in [0.25, 0.3) is 0 Å². The molecule has 0 aromatic carbocycles. The van der Waals surface area contributed by atoms with Gasteiger partial charge in [0.25, 0.3) is 0 Å². The van der Waals surface area contributed by atoms with Crippen molar-refractivity contribution >= 4 is 23.1 Å². The molecule has 1 amide bonds. The Hall–Kier alpha value is -1.43. The van der Waals surface area contributed by atoms with E-state index in [9.17, 15) is 4.79 Å². The fraction of sp³-hybridized carbons (Fsp3) is 0.500. The van der Waals surface area contributed by atoms with Crippen molar-refractivity contribution < 1.29 is 9.32 Å². The van der Waals surface area contributed by atoms with Crippen LogP contribution in [0.4, 0.5) is 0 Å². The molecule has 0 bridgehead atoms. The maximum atomic E-state index is 11.9. The van der Waals surface area contributed by atoms with Crippen molar-refractivity contribution in [3.8, 4) is 0 Å². The first kappa shape index (κ1) is 12.6. The van der Waals surface area contributed by atoms with E-state index in [1.54, 1.807) is 13.0 Å². The predicted molar refractivity (Wildman–Crippen MR) is 63.5 cm³/mol. The van der Waals surface area contributed by atoms with Gasteiger partial charge in [0.1, 0.15) is 0 Å². The molecule has 88 valence electrons. The summed E-state index contributed by atoms with van der Waals surface area (Å²) in [7, 11) is 0. The van der Waals surface area contributed by atoms with Gasteiger partial charge in [0.05, 0.1) is 23.1 Å². The van der Waals surface area contributed by atoms with Crippen molar-refractivity contribution in [2.45, 2.75) is 26.8 Å². The smallest absolute Gasteiger partial charge is 0.233 e. The first-order chi connectivity index (χ1) is 7.50. The van der Waals surface area contributed by atoms with E-state index < -0.39 is 5.41 Å². The number of aromatic nitrogens is 1. The van der Waals surface area contributed by atoms with Gasteiger partial charge in [0.15, 0.2) is 5.76 Å². The molecule has 1 heterocycles. The molecule has 5 nitrogen and oxygen atoms in total. The lowest BCUT2D eigenvalue weighted by molar-refractivity contribution is -0.127. The quantitative estimate of drug-likeness (QED) is 0.751. The Morgan fingerprint density at radius 3 is 2.88 bits per heavy atom. The summed E-state index contributed by atoms with van der Waals surface area (Å²) in [5, 5.41) is 6.26.